The fourth-order valence-electron chi connectivity index (χ4n) is 0.703. The number of hydrogen-bond acceptors (Lipinski definition) is 2. The summed E-state index contributed by atoms with van der Waals surface area (Å²) >= 11 is 0. The van der Waals surface area contributed by atoms with E-state index in [-0.39, 0.29) is 0 Å². The molecule has 0 unspecified atom stereocenters. The van der Waals surface area contributed by atoms with E-state index in [1.165, 1.54) is 0 Å². The highest BCUT2D eigenvalue weighted by Gasteiger charge is 2.18. The molecule has 1 aliphatic rings. The largest absolute Gasteiger partial charge is 0.334 e. The van der Waals surface area contributed by atoms with Gasteiger partial charge in [-0.15, -0.1) is 0 Å². The van der Waals surface area contributed by atoms with E-state index >= 15 is 0 Å². The van der Waals surface area contributed by atoms with Crippen molar-refractivity contribution in [3.8, 4) is 0 Å². The van der Waals surface area contributed by atoms with Crippen molar-refractivity contribution in [1.29, 1.82) is 0 Å². The van der Waals surface area contributed by atoms with Crippen molar-refractivity contribution in [1.82, 2.24) is 0 Å². The van der Waals surface area contributed by atoms with E-state index < -0.39 is 8.38 Å². The Balaban J connectivity index is 2.23. The average Bonchev–Trinajstić information content (AvgIpc) is 1.90. The van der Waals surface area contributed by atoms with Gasteiger partial charge in [-0.3, -0.25) is 0 Å². The van der Waals surface area contributed by atoms with Crippen molar-refractivity contribution in [2.24, 2.45) is 0 Å². The van der Waals surface area contributed by atoms with Crippen LogP contribution in [0.3, 0.4) is 0 Å². The Morgan fingerprint density at radius 2 is 1.78 bits per heavy atom. The molecule has 1 fully saturated rings. The summed E-state index contributed by atoms with van der Waals surface area (Å²) in [4.78, 5) is 0. The molecule has 0 bridgehead atoms. The fourth-order valence-corrected chi connectivity index (χ4v) is 1.99. The van der Waals surface area contributed by atoms with Crippen molar-refractivity contribution >= 4 is 8.38 Å². The molecule has 1 heterocycles. The molecule has 0 aromatic rings. The highest BCUT2D eigenvalue weighted by molar-refractivity contribution is 7.48. The molecule has 1 saturated heterocycles. The van der Waals surface area contributed by atoms with Crippen LogP contribution in [0.25, 0.3) is 0 Å². The summed E-state index contributed by atoms with van der Waals surface area (Å²) in [6, 6.07) is 0. The van der Waals surface area contributed by atoms with Crippen LogP contribution in [0, 0.1) is 0 Å². The summed E-state index contributed by atoms with van der Waals surface area (Å²) in [6.07, 6.45) is 1.06. The van der Waals surface area contributed by atoms with Crippen LogP contribution >= 0.6 is 8.38 Å². The second kappa shape index (κ2) is 3.50. The first-order valence-electron chi connectivity index (χ1n) is 3.36. The lowest BCUT2D eigenvalue weighted by Gasteiger charge is -2.24. The van der Waals surface area contributed by atoms with Gasteiger partial charge in [-0.2, -0.15) is 0 Å². The normalized spacial score (nSPS) is 23.0. The predicted octanol–water partition coefficient (Wildman–Crippen LogP) is 2.14. The van der Waals surface area contributed by atoms with Gasteiger partial charge in [-0.05, 0) is 6.42 Å². The second-order valence-corrected chi connectivity index (χ2v) is 4.52. The molecule has 9 heavy (non-hydrogen) atoms. The maximum atomic E-state index is 5.38. The van der Waals surface area contributed by atoms with Crippen molar-refractivity contribution < 1.29 is 9.05 Å². The predicted molar refractivity (Wildman–Crippen MR) is 38.6 cm³/mol. The van der Waals surface area contributed by atoms with Gasteiger partial charge in [0.05, 0.1) is 13.2 Å². The molecular formula is C6H13O2P. The quantitative estimate of drug-likeness (QED) is 0.530. The monoisotopic (exact) mass is 148 g/mol. The van der Waals surface area contributed by atoms with Crippen LogP contribution in [0.4, 0.5) is 0 Å². The second-order valence-electron chi connectivity index (χ2n) is 2.40. The summed E-state index contributed by atoms with van der Waals surface area (Å²) in [7, 11) is -0.531. The Morgan fingerprint density at radius 3 is 2.11 bits per heavy atom. The van der Waals surface area contributed by atoms with Gasteiger partial charge in [0.25, 0.3) is 0 Å². The molecule has 0 spiro atoms. The molecule has 0 N–H and O–H groups in total. The molecular weight excluding hydrogens is 135 g/mol. The Morgan fingerprint density at radius 1 is 1.22 bits per heavy atom. The van der Waals surface area contributed by atoms with Gasteiger partial charge in [0.2, 0.25) is 0 Å². The van der Waals surface area contributed by atoms with E-state index in [0.717, 1.165) is 19.6 Å². The van der Waals surface area contributed by atoms with E-state index in [1.54, 1.807) is 0 Å². The molecule has 1 aliphatic heterocycles. The maximum Gasteiger partial charge on any atom is 0.173 e. The molecule has 1 rings (SSSR count). The van der Waals surface area contributed by atoms with Crippen LogP contribution in [0.2, 0.25) is 0 Å². The summed E-state index contributed by atoms with van der Waals surface area (Å²) in [5.74, 6) is 0. The highest BCUT2D eigenvalue weighted by atomic mass is 31.2. The van der Waals surface area contributed by atoms with Crippen LogP contribution in [0.15, 0.2) is 0 Å². The third kappa shape index (κ3) is 2.21. The molecule has 0 saturated carbocycles. The lowest BCUT2D eigenvalue weighted by Crippen LogP contribution is -2.09. The molecule has 0 aromatic heterocycles. The lowest BCUT2D eigenvalue weighted by molar-refractivity contribution is 0.178. The molecule has 0 aliphatic carbocycles. The first-order chi connectivity index (χ1) is 4.30. The van der Waals surface area contributed by atoms with Crippen LogP contribution in [-0.2, 0) is 9.05 Å². The Bertz CT molecular complexity index is 79.1. The highest BCUT2D eigenvalue weighted by Crippen LogP contribution is 2.45. The molecule has 0 radical (unpaired) electrons. The maximum absolute atomic E-state index is 5.38. The fraction of sp³-hybridized carbons (Fsp3) is 1.00. The zero-order chi connectivity index (χ0) is 6.69. The molecule has 54 valence electrons. The van der Waals surface area contributed by atoms with Crippen LogP contribution < -0.4 is 0 Å². The summed E-state index contributed by atoms with van der Waals surface area (Å²) < 4.78 is 10.8. The van der Waals surface area contributed by atoms with Gasteiger partial charge in [0.1, 0.15) is 0 Å². The number of hydrogen-bond donors (Lipinski definition) is 0. The van der Waals surface area contributed by atoms with Crippen molar-refractivity contribution in [3.63, 3.8) is 0 Å². The van der Waals surface area contributed by atoms with Gasteiger partial charge < -0.3 is 9.05 Å². The molecule has 0 amide bonds. The van der Waals surface area contributed by atoms with Gasteiger partial charge >= 0.3 is 0 Å². The minimum atomic E-state index is -0.531. The summed E-state index contributed by atoms with van der Waals surface area (Å²) in [6.45, 7) is 6.06. The lowest BCUT2D eigenvalue weighted by atomic mass is 10.5. The smallest absolute Gasteiger partial charge is 0.173 e. The molecule has 2 nitrogen and oxygen atoms in total. The standard InChI is InChI=1S/C6H13O2P/c1-6(2)9-7-4-3-5-8-9/h6H,3-5H2,1-2H3. The van der Waals surface area contributed by atoms with E-state index in [2.05, 4.69) is 13.8 Å². The van der Waals surface area contributed by atoms with E-state index in [9.17, 15) is 0 Å². The Kier molecular flexibility index (Phi) is 2.90. The Labute approximate surface area is 57.5 Å². The van der Waals surface area contributed by atoms with Crippen molar-refractivity contribution in [3.05, 3.63) is 0 Å². The first-order valence-corrected chi connectivity index (χ1v) is 4.60. The summed E-state index contributed by atoms with van der Waals surface area (Å²) in [5, 5.41) is 0. The van der Waals surface area contributed by atoms with Gasteiger partial charge in [-0.1, -0.05) is 13.8 Å². The van der Waals surface area contributed by atoms with Crippen LogP contribution in [0.5, 0.6) is 0 Å². The number of rotatable bonds is 1. The summed E-state index contributed by atoms with van der Waals surface area (Å²) in [5.41, 5.74) is 0.556. The zero-order valence-corrected chi connectivity index (χ0v) is 6.86. The van der Waals surface area contributed by atoms with Crippen molar-refractivity contribution in [2.45, 2.75) is 25.9 Å². The van der Waals surface area contributed by atoms with E-state index in [4.69, 9.17) is 9.05 Å². The third-order valence-electron chi connectivity index (χ3n) is 1.15. The zero-order valence-electron chi connectivity index (χ0n) is 5.96. The van der Waals surface area contributed by atoms with E-state index in [1.807, 2.05) is 0 Å². The van der Waals surface area contributed by atoms with E-state index in [0.29, 0.717) is 5.66 Å². The van der Waals surface area contributed by atoms with Crippen LogP contribution in [-0.4, -0.2) is 18.9 Å². The third-order valence-corrected chi connectivity index (χ3v) is 2.86. The molecule has 0 atom stereocenters. The van der Waals surface area contributed by atoms with Gasteiger partial charge in [-0.25, -0.2) is 0 Å². The minimum Gasteiger partial charge on any atom is -0.334 e. The molecule has 3 heteroatoms. The molecule has 0 aromatic carbocycles. The van der Waals surface area contributed by atoms with Crippen molar-refractivity contribution in [2.75, 3.05) is 13.2 Å². The SMILES string of the molecule is CC(C)P1OCCCO1. The Hall–Kier alpha value is 0.350. The van der Waals surface area contributed by atoms with Gasteiger partial charge in [0.15, 0.2) is 8.38 Å². The first kappa shape index (κ1) is 7.46. The average molecular weight is 148 g/mol. The van der Waals surface area contributed by atoms with Crippen LogP contribution in [0.1, 0.15) is 20.3 Å². The minimum absolute atomic E-state index is 0.531. The van der Waals surface area contributed by atoms with Gasteiger partial charge in [0, 0.05) is 5.66 Å². The topological polar surface area (TPSA) is 18.5 Å².